The van der Waals surface area contributed by atoms with Crippen LogP contribution >= 0.6 is 0 Å². The molecule has 0 fully saturated rings. The number of hydrogen-bond acceptors (Lipinski definition) is 2. The van der Waals surface area contributed by atoms with Gasteiger partial charge in [-0.05, 0) is 25.5 Å². The van der Waals surface area contributed by atoms with Crippen molar-refractivity contribution < 1.29 is 4.79 Å². The van der Waals surface area contributed by atoms with Crippen LogP contribution in [0.4, 0.5) is 5.69 Å². The topological polar surface area (TPSA) is 20.3 Å². The molecule has 0 bridgehead atoms. The van der Waals surface area contributed by atoms with E-state index < -0.39 is 0 Å². The number of carbonyl (C=O) groups is 1. The molecule has 0 aliphatic rings. The Morgan fingerprint density at radius 1 is 1.44 bits per heavy atom. The van der Waals surface area contributed by atoms with Crippen LogP contribution < -0.4 is 4.90 Å². The molecule has 0 atom stereocenters. The average Bonchev–Trinajstić information content (AvgIpc) is 2.28. The molecule has 0 aliphatic carbocycles. The van der Waals surface area contributed by atoms with Gasteiger partial charge in [-0.2, -0.15) is 0 Å². The Hall–Kier alpha value is -1.57. The summed E-state index contributed by atoms with van der Waals surface area (Å²) in [6.07, 6.45) is 3.85. The summed E-state index contributed by atoms with van der Waals surface area (Å²) in [5, 5.41) is 0. The van der Waals surface area contributed by atoms with Gasteiger partial charge >= 0.3 is 0 Å². The highest BCUT2D eigenvalue weighted by Crippen LogP contribution is 2.20. The van der Waals surface area contributed by atoms with Gasteiger partial charge in [0.2, 0.25) is 0 Å². The van der Waals surface area contributed by atoms with Crippen LogP contribution in [0.25, 0.3) is 0 Å². The molecule has 16 heavy (non-hydrogen) atoms. The number of anilines is 1. The first-order valence-corrected chi connectivity index (χ1v) is 5.64. The summed E-state index contributed by atoms with van der Waals surface area (Å²) in [5.41, 5.74) is 2.87. The Balaban J connectivity index is 3.06. The fourth-order valence-electron chi connectivity index (χ4n) is 1.79. The molecule has 2 heteroatoms. The number of carbonyl (C=O) groups excluding carboxylic acids is 1. The second-order valence-electron chi connectivity index (χ2n) is 3.91. The van der Waals surface area contributed by atoms with Crippen LogP contribution in [0.3, 0.4) is 0 Å². The van der Waals surface area contributed by atoms with E-state index >= 15 is 0 Å². The summed E-state index contributed by atoms with van der Waals surface area (Å²) in [5.74, 6) is 0. The summed E-state index contributed by atoms with van der Waals surface area (Å²) in [6, 6.07) is 5.97. The lowest BCUT2D eigenvalue weighted by Gasteiger charge is -2.24. The predicted molar refractivity (Wildman–Crippen MR) is 69.3 cm³/mol. The average molecular weight is 217 g/mol. The normalized spacial score (nSPS) is 9.88. The van der Waals surface area contributed by atoms with Crippen LogP contribution in [0.1, 0.15) is 29.3 Å². The number of aryl methyl sites for hydroxylation is 1. The molecule has 0 radical (unpaired) electrons. The van der Waals surface area contributed by atoms with E-state index in [0.717, 1.165) is 42.6 Å². The number of hydrogen-bond donors (Lipinski definition) is 0. The van der Waals surface area contributed by atoms with Gasteiger partial charge < -0.3 is 4.90 Å². The lowest BCUT2D eigenvalue weighted by molar-refractivity contribution is 0.112. The molecule has 1 aromatic rings. The molecule has 0 aromatic heterocycles. The van der Waals surface area contributed by atoms with Crippen molar-refractivity contribution in [3.05, 3.63) is 42.0 Å². The van der Waals surface area contributed by atoms with Crippen LogP contribution in [0.5, 0.6) is 0 Å². The minimum atomic E-state index is 0.760. The third kappa shape index (κ3) is 2.96. The molecule has 1 aromatic carbocycles. The van der Waals surface area contributed by atoms with E-state index in [1.54, 1.807) is 0 Å². The molecule has 0 spiro atoms. The fraction of sp³-hybridized carbons (Fsp3) is 0.357. The second-order valence-corrected chi connectivity index (χ2v) is 3.91. The fourth-order valence-corrected chi connectivity index (χ4v) is 1.79. The van der Waals surface area contributed by atoms with Crippen molar-refractivity contribution in [1.82, 2.24) is 0 Å². The predicted octanol–water partition coefficient (Wildman–Crippen LogP) is 3.21. The smallest absolute Gasteiger partial charge is 0.152 e. The first kappa shape index (κ1) is 12.5. The zero-order valence-electron chi connectivity index (χ0n) is 10.1. The van der Waals surface area contributed by atoms with Gasteiger partial charge in [0.15, 0.2) is 6.29 Å². The lowest BCUT2D eigenvalue weighted by atomic mass is 10.1. The zero-order valence-corrected chi connectivity index (χ0v) is 10.1. The van der Waals surface area contributed by atoms with Crippen molar-refractivity contribution in [1.29, 1.82) is 0 Å². The van der Waals surface area contributed by atoms with Crippen LogP contribution in [-0.2, 0) is 0 Å². The van der Waals surface area contributed by atoms with E-state index in [4.69, 9.17) is 0 Å². The van der Waals surface area contributed by atoms with E-state index in [9.17, 15) is 4.79 Å². The molecule has 0 N–H and O–H groups in total. The van der Waals surface area contributed by atoms with Gasteiger partial charge in [0.05, 0.1) is 0 Å². The molecule has 0 saturated carbocycles. The van der Waals surface area contributed by atoms with Crippen LogP contribution in [0.15, 0.2) is 30.9 Å². The minimum absolute atomic E-state index is 0.760. The largest absolute Gasteiger partial charge is 0.367 e. The van der Waals surface area contributed by atoms with Crippen molar-refractivity contribution >= 4 is 12.0 Å². The summed E-state index contributed by atoms with van der Waals surface area (Å²) >= 11 is 0. The monoisotopic (exact) mass is 217 g/mol. The Labute approximate surface area is 97.6 Å². The molecule has 0 amide bonds. The van der Waals surface area contributed by atoms with Gasteiger partial charge in [0.1, 0.15) is 0 Å². The number of benzene rings is 1. The van der Waals surface area contributed by atoms with Gasteiger partial charge in [0.25, 0.3) is 0 Å². The van der Waals surface area contributed by atoms with Gasteiger partial charge in [0, 0.05) is 24.3 Å². The summed E-state index contributed by atoms with van der Waals surface area (Å²) in [6.45, 7) is 9.59. The van der Waals surface area contributed by atoms with Crippen LogP contribution in [0.2, 0.25) is 0 Å². The van der Waals surface area contributed by atoms with Crippen molar-refractivity contribution in [3.63, 3.8) is 0 Å². The van der Waals surface area contributed by atoms with E-state index in [1.807, 2.05) is 31.2 Å². The third-order valence-corrected chi connectivity index (χ3v) is 2.49. The Bertz CT molecular complexity index is 371. The van der Waals surface area contributed by atoms with Crippen molar-refractivity contribution in [2.24, 2.45) is 0 Å². The maximum absolute atomic E-state index is 11.0. The molecule has 1 rings (SSSR count). The maximum atomic E-state index is 11.0. The highest BCUT2D eigenvalue weighted by atomic mass is 16.1. The first-order valence-electron chi connectivity index (χ1n) is 5.64. The standard InChI is InChI=1S/C14H19NO/c1-4-8-15(9-5-2)14-7-6-12(3)10-13(14)11-16/h4,6-7,10-11H,1,5,8-9H2,2-3H3. The minimum Gasteiger partial charge on any atom is -0.367 e. The van der Waals surface area contributed by atoms with Crippen molar-refractivity contribution in [3.8, 4) is 0 Å². The highest BCUT2D eigenvalue weighted by molar-refractivity contribution is 5.85. The van der Waals surface area contributed by atoms with Crippen LogP contribution in [-0.4, -0.2) is 19.4 Å². The third-order valence-electron chi connectivity index (χ3n) is 2.49. The van der Waals surface area contributed by atoms with E-state index in [1.165, 1.54) is 0 Å². The van der Waals surface area contributed by atoms with E-state index in [0.29, 0.717) is 0 Å². The van der Waals surface area contributed by atoms with E-state index in [-0.39, 0.29) is 0 Å². The van der Waals surface area contributed by atoms with Crippen molar-refractivity contribution in [2.75, 3.05) is 18.0 Å². The Kier molecular flexibility index (Phi) is 4.77. The van der Waals surface area contributed by atoms with Gasteiger partial charge in [-0.25, -0.2) is 0 Å². The molecule has 2 nitrogen and oxygen atoms in total. The number of aldehydes is 1. The lowest BCUT2D eigenvalue weighted by Crippen LogP contribution is -2.25. The second kappa shape index (κ2) is 6.11. The first-order chi connectivity index (χ1) is 7.72. The quantitative estimate of drug-likeness (QED) is 0.538. The molecule has 86 valence electrons. The summed E-state index contributed by atoms with van der Waals surface area (Å²) in [4.78, 5) is 13.2. The summed E-state index contributed by atoms with van der Waals surface area (Å²) in [7, 11) is 0. The van der Waals surface area contributed by atoms with Crippen LogP contribution in [0, 0.1) is 6.92 Å². The summed E-state index contributed by atoms with van der Waals surface area (Å²) < 4.78 is 0. The SMILES string of the molecule is C=CCN(CCC)c1ccc(C)cc1C=O. The van der Waals surface area contributed by atoms with Gasteiger partial charge in [-0.3, -0.25) is 4.79 Å². The van der Waals surface area contributed by atoms with Gasteiger partial charge in [-0.15, -0.1) is 6.58 Å². The van der Waals surface area contributed by atoms with Crippen molar-refractivity contribution in [2.45, 2.75) is 20.3 Å². The Morgan fingerprint density at radius 2 is 2.19 bits per heavy atom. The molecular weight excluding hydrogens is 198 g/mol. The number of rotatable bonds is 6. The maximum Gasteiger partial charge on any atom is 0.152 e. The molecular formula is C14H19NO. The zero-order chi connectivity index (χ0) is 12.0. The number of nitrogens with zero attached hydrogens (tertiary/aromatic N) is 1. The van der Waals surface area contributed by atoms with Gasteiger partial charge in [-0.1, -0.05) is 24.6 Å². The Morgan fingerprint density at radius 3 is 2.75 bits per heavy atom. The molecule has 0 unspecified atom stereocenters. The van der Waals surface area contributed by atoms with E-state index in [2.05, 4.69) is 18.4 Å². The molecule has 0 aliphatic heterocycles. The molecule has 0 saturated heterocycles. The highest BCUT2D eigenvalue weighted by Gasteiger charge is 2.08. The molecule has 0 heterocycles.